The number of amides is 1. The first-order valence-electron chi connectivity index (χ1n) is 10.7. The molecule has 166 valence electrons. The van der Waals surface area contributed by atoms with Crippen molar-refractivity contribution >= 4 is 15.9 Å². The number of ether oxygens (including phenoxy) is 1. The maximum atomic E-state index is 13.7. The molecule has 1 spiro atoms. The van der Waals surface area contributed by atoms with Gasteiger partial charge in [0.25, 0.3) is 5.91 Å². The van der Waals surface area contributed by atoms with Crippen molar-refractivity contribution in [2.45, 2.75) is 51.2 Å². The van der Waals surface area contributed by atoms with Crippen molar-refractivity contribution in [3.05, 3.63) is 64.2 Å². The molecule has 2 aliphatic rings. The van der Waals surface area contributed by atoms with Crippen LogP contribution >= 0.6 is 0 Å². The molecule has 2 saturated heterocycles. The summed E-state index contributed by atoms with van der Waals surface area (Å²) in [6.45, 7) is 9.28. The fourth-order valence-corrected chi connectivity index (χ4v) is 7.09. The van der Waals surface area contributed by atoms with E-state index in [-0.39, 0.29) is 5.91 Å². The minimum atomic E-state index is -3.71. The number of rotatable bonds is 3. The van der Waals surface area contributed by atoms with Gasteiger partial charge < -0.3 is 9.64 Å². The van der Waals surface area contributed by atoms with E-state index in [0.717, 1.165) is 22.3 Å². The van der Waals surface area contributed by atoms with Gasteiger partial charge in [0.15, 0.2) is 0 Å². The molecule has 31 heavy (non-hydrogen) atoms. The average Bonchev–Trinajstić information content (AvgIpc) is 3.11. The van der Waals surface area contributed by atoms with E-state index in [1.54, 1.807) is 9.21 Å². The van der Waals surface area contributed by atoms with Crippen molar-refractivity contribution in [3.8, 4) is 0 Å². The number of aryl methyl sites for hydroxylation is 4. The lowest BCUT2D eigenvalue weighted by Crippen LogP contribution is -2.55. The Morgan fingerprint density at radius 1 is 0.903 bits per heavy atom. The summed E-state index contributed by atoms with van der Waals surface area (Å²) < 4.78 is 35.0. The molecule has 2 heterocycles. The second-order valence-corrected chi connectivity index (χ2v) is 10.6. The first kappa shape index (κ1) is 22.0. The lowest BCUT2D eigenvalue weighted by atomic mass is 9.99. The summed E-state index contributed by atoms with van der Waals surface area (Å²) >= 11 is 0. The topological polar surface area (TPSA) is 66.9 Å². The molecule has 2 aromatic rings. The van der Waals surface area contributed by atoms with Crippen LogP contribution in [0.25, 0.3) is 0 Å². The molecular formula is C24H30N2O4S. The first-order chi connectivity index (χ1) is 14.6. The molecule has 0 aliphatic carbocycles. The van der Waals surface area contributed by atoms with Gasteiger partial charge in [0, 0.05) is 38.0 Å². The summed E-state index contributed by atoms with van der Waals surface area (Å²) in [5.74, 6) is -0.0209. The lowest BCUT2D eigenvalue weighted by Gasteiger charge is -2.43. The summed E-state index contributed by atoms with van der Waals surface area (Å²) in [6, 6.07) is 11.4. The van der Waals surface area contributed by atoms with Crippen LogP contribution in [0, 0.1) is 27.7 Å². The van der Waals surface area contributed by atoms with E-state index in [2.05, 4.69) is 0 Å². The number of piperidine rings is 1. The Morgan fingerprint density at radius 3 is 2.06 bits per heavy atom. The summed E-state index contributed by atoms with van der Waals surface area (Å²) in [5, 5.41) is 0. The van der Waals surface area contributed by atoms with Crippen molar-refractivity contribution in [1.82, 2.24) is 9.21 Å². The van der Waals surface area contributed by atoms with E-state index in [9.17, 15) is 13.2 Å². The second kappa shape index (κ2) is 8.04. The van der Waals surface area contributed by atoms with E-state index in [0.29, 0.717) is 49.5 Å². The molecule has 0 radical (unpaired) electrons. The van der Waals surface area contributed by atoms with Gasteiger partial charge in [-0.25, -0.2) is 8.42 Å². The predicted molar refractivity (Wildman–Crippen MR) is 120 cm³/mol. The average molecular weight is 443 g/mol. The van der Waals surface area contributed by atoms with E-state index >= 15 is 0 Å². The Hall–Kier alpha value is -2.22. The number of carbonyl (C=O) groups excluding carboxylic acids is 1. The van der Waals surface area contributed by atoms with Gasteiger partial charge in [-0.1, -0.05) is 35.4 Å². The van der Waals surface area contributed by atoms with Gasteiger partial charge >= 0.3 is 0 Å². The molecule has 0 saturated carbocycles. The third-order valence-corrected chi connectivity index (χ3v) is 8.66. The molecule has 0 bridgehead atoms. The predicted octanol–water partition coefficient (Wildman–Crippen LogP) is 3.57. The third-order valence-electron chi connectivity index (χ3n) is 6.40. The number of hydrogen-bond acceptors (Lipinski definition) is 4. The van der Waals surface area contributed by atoms with Crippen molar-refractivity contribution in [2.24, 2.45) is 0 Å². The zero-order valence-corrected chi connectivity index (χ0v) is 19.5. The standard InChI is InChI=1S/C24H30N2O4S/c1-17-5-7-21(8-6-17)23(27)25-11-9-24(10-12-25)26(13-14-30-24)31(28,29)22-19(3)15-18(2)16-20(22)4/h5-8,15-16H,9-14H2,1-4H3. The Balaban J connectivity index is 1.57. The molecule has 4 rings (SSSR count). The first-order valence-corrected chi connectivity index (χ1v) is 12.2. The summed E-state index contributed by atoms with van der Waals surface area (Å²) in [4.78, 5) is 15.1. The van der Waals surface area contributed by atoms with Crippen LogP contribution in [0.1, 0.15) is 45.5 Å². The van der Waals surface area contributed by atoms with Crippen LogP contribution in [0.3, 0.4) is 0 Å². The molecule has 2 aromatic carbocycles. The molecule has 6 nitrogen and oxygen atoms in total. The molecule has 7 heteroatoms. The largest absolute Gasteiger partial charge is 0.358 e. The summed E-state index contributed by atoms with van der Waals surface area (Å²) in [7, 11) is -3.71. The maximum Gasteiger partial charge on any atom is 0.253 e. The van der Waals surface area contributed by atoms with Gasteiger partial charge in [0.1, 0.15) is 5.72 Å². The van der Waals surface area contributed by atoms with Crippen LogP contribution < -0.4 is 0 Å². The van der Waals surface area contributed by atoms with Crippen molar-refractivity contribution in [3.63, 3.8) is 0 Å². The highest BCUT2D eigenvalue weighted by atomic mass is 32.2. The van der Waals surface area contributed by atoms with E-state index < -0.39 is 15.7 Å². The number of sulfonamides is 1. The van der Waals surface area contributed by atoms with Gasteiger partial charge in [-0.15, -0.1) is 0 Å². The van der Waals surface area contributed by atoms with Crippen LogP contribution in [0.15, 0.2) is 41.3 Å². The van der Waals surface area contributed by atoms with Crippen molar-refractivity contribution in [2.75, 3.05) is 26.2 Å². The fraction of sp³-hybridized carbons (Fsp3) is 0.458. The Labute approximate surface area is 184 Å². The smallest absolute Gasteiger partial charge is 0.253 e. The lowest BCUT2D eigenvalue weighted by molar-refractivity contribution is -0.0857. The van der Waals surface area contributed by atoms with Gasteiger partial charge in [-0.05, 0) is 51.0 Å². The molecule has 2 fully saturated rings. The minimum absolute atomic E-state index is 0.0209. The number of nitrogens with zero attached hydrogens (tertiary/aromatic N) is 2. The van der Waals surface area contributed by atoms with Crippen LogP contribution in [0.5, 0.6) is 0 Å². The highest BCUT2D eigenvalue weighted by Gasteiger charge is 2.51. The van der Waals surface area contributed by atoms with Crippen molar-refractivity contribution in [1.29, 1.82) is 0 Å². The van der Waals surface area contributed by atoms with Crippen molar-refractivity contribution < 1.29 is 17.9 Å². The molecule has 1 amide bonds. The summed E-state index contributed by atoms with van der Waals surface area (Å²) in [5.41, 5.74) is 3.44. The van der Waals surface area contributed by atoms with Gasteiger partial charge in [0.05, 0.1) is 11.5 Å². The minimum Gasteiger partial charge on any atom is -0.358 e. The second-order valence-electron chi connectivity index (χ2n) is 8.76. The number of likely N-dealkylation sites (tertiary alicyclic amines) is 1. The molecule has 0 unspecified atom stereocenters. The van der Waals surface area contributed by atoms with Crippen LogP contribution in [-0.4, -0.2) is 55.5 Å². The zero-order chi connectivity index (χ0) is 22.4. The molecule has 0 atom stereocenters. The van der Waals surface area contributed by atoms with Gasteiger partial charge in [0.2, 0.25) is 10.0 Å². The Morgan fingerprint density at radius 2 is 1.48 bits per heavy atom. The van der Waals surface area contributed by atoms with Gasteiger partial charge in [-0.2, -0.15) is 4.31 Å². The van der Waals surface area contributed by atoms with E-state index in [1.165, 1.54) is 0 Å². The van der Waals surface area contributed by atoms with E-state index in [1.807, 2.05) is 64.1 Å². The highest BCUT2D eigenvalue weighted by Crippen LogP contribution is 2.40. The molecule has 2 aliphatic heterocycles. The third kappa shape index (κ3) is 3.90. The summed E-state index contributed by atoms with van der Waals surface area (Å²) in [6.07, 6.45) is 0.932. The Bertz CT molecular complexity index is 1080. The maximum absolute atomic E-state index is 13.7. The van der Waals surface area contributed by atoms with Crippen LogP contribution in [-0.2, 0) is 14.8 Å². The normalized spacial score (nSPS) is 19.2. The molecule has 0 N–H and O–H groups in total. The van der Waals surface area contributed by atoms with Gasteiger partial charge in [-0.3, -0.25) is 4.79 Å². The molecular weight excluding hydrogens is 412 g/mol. The number of benzene rings is 2. The SMILES string of the molecule is Cc1ccc(C(=O)N2CCC3(CC2)OCCN3S(=O)(=O)c2c(C)cc(C)cc2C)cc1. The zero-order valence-electron chi connectivity index (χ0n) is 18.6. The quantitative estimate of drug-likeness (QED) is 0.729. The van der Waals surface area contributed by atoms with Crippen LogP contribution in [0.2, 0.25) is 0 Å². The Kier molecular flexibility index (Phi) is 5.70. The van der Waals surface area contributed by atoms with Crippen LogP contribution in [0.4, 0.5) is 0 Å². The number of hydrogen-bond donors (Lipinski definition) is 0. The van der Waals surface area contributed by atoms with E-state index in [4.69, 9.17) is 4.74 Å². The number of carbonyl (C=O) groups is 1. The highest BCUT2D eigenvalue weighted by molar-refractivity contribution is 7.89. The fourth-order valence-electron chi connectivity index (χ4n) is 4.95. The monoisotopic (exact) mass is 442 g/mol. The molecule has 0 aromatic heterocycles.